The van der Waals surface area contributed by atoms with Crippen LogP contribution in [0, 0.1) is 0 Å². The van der Waals surface area contributed by atoms with Gasteiger partial charge in [0.05, 0.1) is 11.9 Å². The molecule has 3 rings (SSSR count). The van der Waals surface area contributed by atoms with Gasteiger partial charge in [0.15, 0.2) is 5.78 Å². The van der Waals surface area contributed by atoms with E-state index in [0.29, 0.717) is 11.1 Å². The van der Waals surface area contributed by atoms with Crippen molar-refractivity contribution < 1.29 is 4.79 Å². The molecule has 102 valence electrons. The van der Waals surface area contributed by atoms with Crippen LogP contribution in [0.25, 0.3) is 0 Å². The van der Waals surface area contributed by atoms with Crippen LogP contribution >= 0.6 is 0 Å². The number of hydrogen-bond donors (Lipinski definition) is 1. The summed E-state index contributed by atoms with van der Waals surface area (Å²) in [6.07, 6.45) is 3.48. The third-order valence-electron chi connectivity index (χ3n) is 3.13. The number of rotatable bonds is 4. The highest BCUT2D eigenvalue weighted by atomic mass is 16.1. The Balaban J connectivity index is 1.77. The zero-order chi connectivity index (χ0) is 14.5. The van der Waals surface area contributed by atoms with Gasteiger partial charge in [-0.1, -0.05) is 30.3 Å². The Labute approximate surface area is 123 Å². The zero-order valence-electron chi connectivity index (χ0n) is 11.4. The van der Waals surface area contributed by atoms with Crippen molar-refractivity contribution in [1.29, 1.82) is 0 Å². The van der Waals surface area contributed by atoms with Crippen LogP contribution in [-0.2, 0) is 0 Å². The second kappa shape index (κ2) is 6.01. The quantitative estimate of drug-likeness (QED) is 0.730. The van der Waals surface area contributed by atoms with E-state index in [1.807, 2.05) is 66.7 Å². The maximum atomic E-state index is 12.3. The monoisotopic (exact) mass is 274 g/mol. The molecule has 21 heavy (non-hydrogen) atoms. The second-order valence-electron chi connectivity index (χ2n) is 4.64. The number of benzene rings is 2. The number of hydrogen-bond acceptors (Lipinski definition) is 3. The van der Waals surface area contributed by atoms with Crippen LogP contribution < -0.4 is 5.32 Å². The molecule has 1 aromatic heterocycles. The number of aromatic nitrogens is 1. The van der Waals surface area contributed by atoms with Gasteiger partial charge in [0, 0.05) is 23.0 Å². The Morgan fingerprint density at radius 2 is 1.48 bits per heavy atom. The number of pyridine rings is 1. The van der Waals surface area contributed by atoms with E-state index < -0.39 is 0 Å². The lowest BCUT2D eigenvalue weighted by Crippen LogP contribution is -2.01. The minimum atomic E-state index is 0.0310. The summed E-state index contributed by atoms with van der Waals surface area (Å²) < 4.78 is 0. The number of nitrogens with zero attached hydrogens (tertiary/aromatic N) is 1. The van der Waals surface area contributed by atoms with Gasteiger partial charge < -0.3 is 5.32 Å². The summed E-state index contributed by atoms with van der Waals surface area (Å²) in [5, 5.41) is 3.24. The molecule has 0 unspecified atom stereocenters. The Hall–Kier alpha value is -2.94. The van der Waals surface area contributed by atoms with Crippen LogP contribution in [0.2, 0.25) is 0 Å². The molecule has 0 saturated heterocycles. The van der Waals surface area contributed by atoms with Crippen LogP contribution in [-0.4, -0.2) is 10.8 Å². The van der Waals surface area contributed by atoms with E-state index in [1.54, 1.807) is 12.4 Å². The largest absolute Gasteiger partial charge is 0.354 e. The van der Waals surface area contributed by atoms with Crippen molar-refractivity contribution in [3.8, 4) is 0 Å². The lowest BCUT2D eigenvalue weighted by molar-refractivity contribution is 0.103. The van der Waals surface area contributed by atoms with E-state index in [1.165, 1.54) is 0 Å². The minimum absolute atomic E-state index is 0.0310. The Kier molecular flexibility index (Phi) is 3.74. The average Bonchev–Trinajstić information content (AvgIpc) is 2.57. The van der Waals surface area contributed by atoms with Crippen LogP contribution in [0.5, 0.6) is 0 Å². The van der Waals surface area contributed by atoms with E-state index >= 15 is 0 Å². The van der Waals surface area contributed by atoms with Gasteiger partial charge in [0.1, 0.15) is 0 Å². The number of carbonyl (C=O) groups excluding carboxylic acids is 1. The topological polar surface area (TPSA) is 42.0 Å². The summed E-state index contributed by atoms with van der Waals surface area (Å²) in [4.78, 5) is 16.3. The molecule has 0 saturated carbocycles. The molecule has 1 N–H and O–H groups in total. The van der Waals surface area contributed by atoms with Crippen molar-refractivity contribution >= 4 is 17.2 Å². The molecule has 3 nitrogen and oxygen atoms in total. The molecule has 0 aliphatic carbocycles. The van der Waals surface area contributed by atoms with Crippen molar-refractivity contribution in [2.45, 2.75) is 0 Å². The van der Waals surface area contributed by atoms with Crippen LogP contribution in [0.3, 0.4) is 0 Å². The Morgan fingerprint density at radius 3 is 2.14 bits per heavy atom. The lowest BCUT2D eigenvalue weighted by atomic mass is 10.0. The molecule has 0 bridgehead atoms. The highest BCUT2D eigenvalue weighted by Gasteiger charge is 2.07. The SMILES string of the molecule is O=C(c1ccccc1)c1ccc(Nc2cccnc2)cc1. The van der Waals surface area contributed by atoms with Crippen LogP contribution in [0.15, 0.2) is 79.1 Å². The molecule has 0 aliphatic rings. The molecule has 0 fully saturated rings. The number of ketones is 1. The molecular formula is C18H14N2O. The van der Waals surface area contributed by atoms with Crippen LogP contribution in [0.4, 0.5) is 11.4 Å². The standard InChI is InChI=1S/C18H14N2O/c21-18(14-5-2-1-3-6-14)15-8-10-16(11-9-15)20-17-7-4-12-19-13-17/h1-13,20H. The van der Waals surface area contributed by atoms with E-state index in [-0.39, 0.29) is 5.78 Å². The first-order valence-electron chi connectivity index (χ1n) is 6.70. The zero-order valence-corrected chi connectivity index (χ0v) is 11.4. The molecule has 3 aromatic rings. The second-order valence-corrected chi connectivity index (χ2v) is 4.64. The van der Waals surface area contributed by atoms with Gasteiger partial charge in [-0.2, -0.15) is 0 Å². The summed E-state index contributed by atoms with van der Waals surface area (Å²) in [6, 6.07) is 20.5. The molecule has 3 heteroatoms. The van der Waals surface area contributed by atoms with Gasteiger partial charge in [-0.3, -0.25) is 9.78 Å². The van der Waals surface area contributed by atoms with Gasteiger partial charge in [-0.25, -0.2) is 0 Å². The summed E-state index contributed by atoms with van der Waals surface area (Å²) in [6.45, 7) is 0. The van der Waals surface area contributed by atoms with Gasteiger partial charge in [-0.05, 0) is 36.4 Å². The smallest absolute Gasteiger partial charge is 0.193 e. The van der Waals surface area contributed by atoms with E-state index in [9.17, 15) is 4.79 Å². The predicted molar refractivity (Wildman–Crippen MR) is 83.8 cm³/mol. The van der Waals surface area contributed by atoms with Crippen molar-refractivity contribution in [1.82, 2.24) is 4.98 Å². The lowest BCUT2D eigenvalue weighted by Gasteiger charge is -2.07. The van der Waals surface area contributed by atoms with Crippen molar-refractivity contribution in [3.05, 3.63) is 90.3 Å². The summed E-state index contributed by atoms with van der Waals surface area (Å²) in [7, 11) is 0. The highest BCUT2D eigenvalue weighted by molar-refractivity contribution is 6.09. The molecule has 0 radical (unpaired) electrons. The minimum Gasteiger partial charge on any atom is -0.354 e. The summed E-state index contributed by atoms with van der Waals surface area (Å²) in [5.41, 5.74) is 3.22. The third-order valence-corrected chi connectivity index (χ3v) is 3.13. The number of nitrogens with one attached hydrogen (secondary N) is 1. The molecule has 0 aliphatic heterocycles. The highest BCUT2D eigenvalue weighted by Crippen LogP contribution is 2.17. The third kappa shape index (κ3) is 3.15. The first kappa shape index (κ1) is 13.1. The maximum absolute atomic E-state index is 12.3. The van der Waals surface area contributed by atoms with Gasteiger partial charge in [0.2, 0.25) is 0 Å². The Bertz CT molecular complexity index is 722. The molecule has 0 atom stereocenters. The molecule has 2 aromatic carbocycles. The number of anilines is 2. The molecule has 0 spiro atoms. The fraction of sp³-hybridized carbons (Fsp3) is 0. The predicted octanol–water partition coefficient (Wildman–Crippen LogP) is 4.06. The molecule has 0 amide bonds. The summed E-state index contributed by atoms with van der Waals surface area (Å²) in [5.74, 6) is 0.0310. The van der Waals surface area contributed by atoms with E-state index in [4.69, 9.17) is 0 Å². The van der Waals surface area contributed by atoms with Gasteiger partial charge in [-0.15, -0.1) is 0 Å². The maximum Gasteiger partial charge on any atom is 0.193 e. The first-order chi connectivity index (χ1) is 10.3. The first-order valence-corrected chi connectivity index (χ1v) is 6.70. The van der Waals surface area contributed by atoms with Crippen molar-refractivity contribution in [2.24, 2.45) is 0 Å². The molecular weight excluding hydrogens is 260 g/mol. The molecule has 1 heterocycles. The van der Waals surface area contributed by atoms with Crippen molar-refractivity contribution in [3.63, 3.8) is 0 Å². The van der Waals surface area contributed by atoms with Gasteiger partial charge >= 0.3 is 0 Å². The summed E-state index contributed by atoms with van der Waals surface area (Å²) >= 11 is 0. The van der Waals surface area contributed by atoms with Crippen LogP contribution in [0.1, 0.15) is 15.9 Å². The van der Waals surface area contributed by atoms with E-state index in [0.717, 1.165) is 11.4 Å². The normalized spacial score (nSPS) is 10.1. The average molecular weight is 274 g/mol. The number of carbonyl (C=O) groups is 1. The van der Waals surface area contributed by atoms with Crippen molar-refractivity contribution in [2.75, 3.05) is 5.32 Å². The fourth-order valence-electron chi connectivity index (χ4n) is 2.06. The van der Waals surface area contributed by atoms with Gasteiger partial charge in [0.25, 0.3) is 0 Å². The van der Waals surface area contributed by atoms with E-state index in [2.05, 4.69) is 10.3 Å². The Morgan fingerprint density at radius 1 is 0.762 bits per heavy atom. The fourth-order valence-corrected chi connectivity index (χ4v) is 2.06.